The summed E-state index contributed by atoms with van der Waals surface area (Å²) in [5.41, 5.74) is 2.73. The van der Waals surface area contributed by atoms with Crippen LogP contribution in [0, 0.1) is 0 Å². The van der Waals surface area contributed by atoms with Gasteiger partial charge in [-0.05, 0) is 66.1 Å². The molecule has 0 spiro atoms. The lowest BCUT2D eigenvalue weighted by atomic mass is 9.96. The summed E-state index contributed by atoms with van der Waals surface area (Å²) in [4.78, 5) is 0. The standard InChI is InChI=1S/C23H25NO/c1-16(22-8-4-6-18-5-2-3-7-23(18)22)24-20-12-9-19(15-20)17-10-13-21(25)14-11-17/h2-8,10-11,13-14,16,19-20,24-25H,9,12,15H2,1H3/t16-,19-,20+/m1/s1. The fourth-order valence-electron chi connectivity index (χ4n) is 4.25. The second-order valence-corrected chi connectivity index (χ2v) is 7.26. The minimum atomic E-state index is 0.342. The highest BCUT2D eigenvalue weighted by atomic mass is 16.3. The van der Waals surface area contributed by atoms with E-state index in [1.807, 2.05) is 0 Å². The van der Waals surface area contributed by atoms with Crippen molar-refractivity contribution in [2.24, 2.45) is 0 Å². The van der Waals surface area contributed by atoms with Crippen LogP contribution in [0.5, 0.6) is 5.75 Å². The predicted octanol–water partition coefficient (Wildman–Crippen LogP) is 5.53. The predicted molar refractivity (Wildman–Crippen MR) is 104 cm³/mol. The molecule has 1 aliphatic carbocycles. The zero-order valence-corrected chi connectivity index (χ0v) is 14.7. The van der Waals surface area contributed by atoms with Gasteiger partial charge in [-0.25, -0.2) is 0 Å². The van der Waals surface area contributed by atoms with Gasteiger partial charge in [0.15, 0.2) is 0 Å². The van der Waals surface area contributed by atoms with Gasteiger partial charge in [-0.1, -0.05) is 54.6 Å². The number of phenols is 1. The lowest BCUT2D eigenvalue weighted by Crippen LogP contribution is -2.29. The maximum absolute atomic E-state index is 9.47. The van der Waals surface area contributed by atoms with Gasteiger partial charge in [0.1, 0.15) is 5.75 Å². The molecule has 0 heterocycles. The van der Waals surface area contributed by atoms with E-state index in [-0.39, 0.29) is 0 Å². The fourth-order valence-corrected chi connectivity index (χ4v) is 4.25. The molecule has 128 valence electrons. The maximum Gasteiger partial charge on any atom is 0.115 e. The van der Waals surface area contributed by atoms with Crippen molar-refractivity contribution in [2.75, 3.05) is 0 Å². The number of fused-ring (bicyclic) bond motifs is 1. The summed E-state index contributed by atoms with van der Waals surface area (Å²) in [6.45, 7) is 2.27. The highest BCUT2D eigenvalue weighted by Crippen LogP contribution is 2.36. The van der Waals surface area contributed by atoms with Crippen molar-refractivity contribution >= 4 is 10.8 Å². The van der Waals surface area contributed by atoms with Gasteiger partial charge >= 0.3 is 0 Å². The van der Waals surface area contributed by atoms with Crippen LogP contribution in [0.25, 0.3) is 10.8 Å². The van der Waals surface area contributed by atoms with Gasteiger partial charge in [-0.3, -0.25) is 0 Å². The first-order valence-electron chi connectivity index (χ1n) is 9.23. The summed E-state index contributed by atoms with van der Waals surface area (Å²) in [5.74, 6) is 0.943. The molecule has 3 atom stereocenters. The molecule has 1 saturated carbocycles. The minimum Gasteiger partial charge on any atom is -0.508 e. The van der Waals surface area contributed by atoms with E-state index in [4.69, 9.17) is 0 Å². The van der Waals surface area contributed by atoms with E-state index in [0.29, 0.717) is 23.8 Å². The molecule has 0 aromatic heterocycles. The molecule has 1 fully saturated rings. The zero-order valence-electron chi connectivity index (χ0n) is 14.7. The maximum atomic E-state index is 9.47. The van der Waals surface area contributed by atoms with Gasteiger partial charge in [0.25, 0.3) is 0 Å². The van der Waals surface area contributed by atoms with Crippen LogP contribution in [-0.2, 0) is 0 Å². The van der Waals surface area contributed by atoms with Crippen LogP contribution in [-0.4, -0.2) is 11.1 Å². The van der Waals surface area contributed by atoms with Gasteiger partial charge in [0.05, 0.1) is 0 Å². The zero-order chi connectivity index (χ0) is 17.2. The van der Waals surface area contributed by atoms with Crippen LogP contribution in [0.2, 0.25) is 0 Å². The molecule has 3 aromatic carbocycles. The van der Waals surface area contributed by atoms with Crippen molar-refractivity contribution in [1.29, 1.82) is 0 Å². The SMILES string of the molecule is C[C@@H](N[C@H]1CC[C@@H](c2ccc(O)cc2)C1)c1cccc2ccccc12. The van der Waals surface area contributed by atoms with Gasteiger partial charge in [-0.2, -0.15) is 0 Å². The van der Waals surface area contributed by atoms with Crippen LogP contribution in [0.3, 0.4) is 0 Å². The Morgan fingerprint density at radius 1 is 0.920 bits per heavy atom. The number of rotatable bonds is 4. The molecule has 0 amide bonds. The van der Waals surface area contributed by atoms with Crippen LogP contribution in [0.4, 0.5) is 0 Å². The van der Waals surface area contributed by atoms with E-state index in [1.165, 1.54) is 41.2 Å². The average molecular weight is 331 g/mol. The Morgan fingerprint density at radius 3 is 2.52 bits per heavy atom. The summed E-state index contributed by atoms with van der Waals surface area (Å²) in [6, 6.07) is 23.8. The highest BCUT2D eigenvalue weighted by Gasteiger charge is 2.27. The Labute approximate surface area is 149 Å². The van der Waals surface area contributed by atoms with Crippen LogP contribution in [0.1, 0.15) is 49.3 Å². The summed E-state index contributed by atoms with van der Waals surface area (Å²) in [6.07, 6.45) is 3.59. The average Bonchev–Trinajstić information content (AvgIpc) is 3.10. The first-order chi connectivity index (χ1) is 12.2. The van der Waals surface area contributed by atoms with E-state index in [0.717, 1.165) is 0 Å². The Morgan fingerprint density at radius 2 is 1.68 bits per heavy atom. The molecule has 0 unspecified atom stereocenters. The van der Waals surface area contributed by atoms with E-state index in [2.05, 4.69) is 66.8 Å². The number of benzene rings is 3. The van der Waals surface area contributed by atoms with Gasteiger partial charge in [0.2, 0.25) is 0 Å². The highest BCUT2D eigenvalue weighted by molar-refractivity contribution is 5.86. The molecular formula is C23H25NO. The summed E-state index contributed by atoms with van der Waals surface area (Å²) < 4.78 is 0. The Kier molecular flexibility index (Phi) is 4.46. The third kappa shape index (κ3) is 3.40. The van der Waals surface area contributed by atoms with E-state index < -0.39 is 0 Å². The first-order valence-corrected chi connectivity index (χ1v) is 9.23. The van der Waals surface area contributed by atoms with Crippen LogP contribution < -0.4 is 5.32 Å². The van der Waals surface area contributed by atoms with E-state index in [9.17, 15) is 5.11 Å². The molecule has 0 bridgehead atoms. The molecular weight excluding hydrogens is 306 g/mol. The van der Waals surface area contributed by atoms with E-state index >= 15 is 0 Å². The Bertz CT molecular complexity index is 850. The number of aromatic hydroxyl groups is 1. The van der Waals surface area contributed by atoms with E-state index in [1.54, 1.807) is 12.1 Å². The lowest BCUT2D eigenvalue weighted by Gasteiger charge is -2.21. The first kappa shape index (κ1) is 16.2. The summed E-state index contributed by atoms with van der Waals surface area (Å²) >= 11 is 0. The third-order valence-electron chi connectivity index (χ3n) is 5.57. The largest absolute Gasteiger partial charge is 0.508 e. The molecule has 4 rings (SSSR count). The van der Waals surface area contributed by atoms with Crippen molar-refractivity contribution in [3.05, 3.63) is 77.9 Å². The number of hydrogen-bond acceptors (Lipinski definition) is 2. The molecule has 2 N–H and O–H groups in total. The van der Waals surface area contributed by atoms with Crippen molar-refractivity contribution in [1.82, 2.24) is 5.32 Å². The van der Waals surface area contributed by atoms with Crippen LogP contribution >= 0.6 is 0 Å². The van der Waals surface area contributed by atoms with Gasteiger partial charge in [-0.15, -0.1) is 0 Å². The van der Waals surface area contributed by atoms with Crippen molar-refractivity contribution in [3.63, 3.8) is 0 Å². The minimum absolute atomic E-state index is 0.342. The van der Waals surface area contributed by atoms with Gasteiger partial charge in [0, 0.05) is 12.1 Å². The summed E-state index contributed by atoms with van der Waals surface area (Å²) in [5, 5.41) is 16.0. The Balaban J connectivity index is 1.46. The molecule has 0 radical (unpaired) electrons. The van der Waals surface area contributed by atoms with Crippen molar-refractivity contribution in [3.8, 4) is 5.75 Å². The number of hydrogen-bond donors (Lipinski definition) is 2. The lowest BCUT2D eigenvalue weighted by molar-refractivity contribution is 0.458. The normalized spacial score (nSPS) is 21.5. The van der Waals surface area contributed by atoms with Crippen molar-refractivity contribution < 1.29 is 5.11 Å². The number of nitrogens with one attached hydrogen (secondary N) is 1. The third-order valence-corrected chi connectivity index (χ3v) is 5.57. The molecule has 1 aliphatic rings. The second kappa shape index (κ2) is 6.89. The fraction of sp³-hybridized carbons (Fsp3) is 0.304. The smallest absolute Gasteiger partial charge is 0.115 e. The topological polar surface area (TPSA) is 32.3 Å². The molecule has 0 aliphatic heterocycles. The molecule has 3 aromatic rings. The van der Waals surface area contributed by atoms with Gasteiger partial charge < -0.3 is 10.4 Å². The molecule has 2 nitrogen and oxygen atoms in total. The monoisotopic (exact) mass is 331 g/mol. The van der Waals surface area contributed by atoms with Crippen molar-refractivity contribution in [2.45, 2.75) is 44.2 Å². The molecule has 0 saturated heterocycles. The quantitative estimate of drug-likeness (QED) is 0.658. The molecule has 2 heteroatoms. The Hall–Kier alpha value is -2.32. The summed E-state index contributed by atoms with van der Waals surface area (Å²) in [7, 11) is 0. The van der Waals surface area contributed by atoms with Crippen LogP contribution in [0.15, 0.2) is 66.7 Å². The number of phenolic OH excluding ortho intramolecular Hbond substituents is 1. The molecule has 25 heavy (non-hydrogen) atoms. The second-order valence-electron chi connectivity index (χ2n) is 7.26.